The van der Waals surface area contributed by atoms with Gasteiger partial charge in [-0.05, 0) is 54.2 Å². The van der Waals surface area contributed by atoms with E-state index in [-0.39, 0.29) is 0 Å². The number of rotatable bonds is 6. The SMILES string of the molecule is Cc1ccccc1C[C+](Cc1ccccc1C)Cc1ccccc1C. The van der Waals surface area contributed by atoms with Crippen molar-refractivity contribution >= 4 is 0 Å². The fraction of sp³-hybridized carbons (Fsp3) is 0.240. The van der Waals surface area contributed by atoms with Gasteiger partial charge in [0.05, 0.1) is 0 Å². The van der Waals surface area contributed by atoms with Crippen LogP contribution in [0.15, 0.2) is 72.8 Å². The third-order valence-corrected chi connectivity index (χ3v) is 5.11. The zero-order valence-corrected chi connectivity index (χ0v) is 15.5. The number of hydrogen-bond acceptors (Lipinski definition) is 0. The van der Waals surface area contributed by atoms with Gasteiger partial charge in [-0.1, -0.05) is 72.8 Å². The topological polar surface area (TPSA) is 0 Å². The summed E-state index contributed by atoms with van der Waals surface area (Å²) in [6.07, 6.45) is 3.15. The zero-order chi connectivity index (χ0) is 17.6. The Morgan fingerprint density at radius 2 is 0.760 bits per heavy atom. The third-order valence-electron chi connectivity index (χ3n) is 5.11. The molecule has 0 N–H and O–H groups in total. The molecule has 0 aliphatic heterocycles. The molecule has 0 aromatic heterocycles. The standard InChI is InChI=1S/C25H27/c1-19-10-4-7-13-23(19)16-22(17-24-14-8-5-11-20(24)2)18-25-15-9-6-12-21(25)3/h4-15H,16-18H2,1-3H3/q+1. The van der Waals surface area contributed by atoms with E-state index in [2.05, 4.69) is 93.6 Å². The Kier molecular flexibility index (Phi) is 5.60. The van der Waals surface area contributed by atoms with Gasteiger partial charge in [-0.2, -0.15) is 0 Å². The van der Waals surface area contributed by atoms with Gasteiger partial charge in [0.2, 0.25) is 0 Å². The van der Waals surface area contributed by atoms with Crippen molar-refractivity contribution in [3.63, 3.8) is 0 Å². The van der Waals surface area contributed by atoms with Crippen LogP contribution in [-0.2, 0) is 19.3 Å². The molecule has 0 unspecified atom stereocenters. The summed E-state index contributed by atoms with van der Waals surface area (Å²) < 4.78 is 0. The molecule has 0 radical (unpaired) electrons. The fourth-order valence-electron chi connectivity index (χ4n) is 3.42. The second-order valence-electron chi connectivity index (χ2n) is 7.06. The molecule has 3 aromatic rings. The molecule has 0 heterocycles. The third kappa shape index (κ3) is 4.54. The minimum Gasteiger partial charge on any atom is -0.0620 e. The highest BCUT2D eigenvalue weighted by Gasteiger charge is 2.24. The van der Waals surface area contributed by atoms with Crippen LogP contribution in [0.2, 0.25) is 0 Å². The normalized spacial score (nSPS) is 10.7. The molecule has 0 nitrogen and oxygen atoms in total. The molecule has 0 aliphatic carbocycles. The Morgan fingerprint density at radius 3 is 1.04 bits per heavy atom. The average Bonchev–Trinajstić information content (AvgIpc) is 2.61. The molecular weight excluding hydrogens is 300 g/mol. The molecule has 0 saturated carbocycles. The molecule has 0 aliphatic rings. The lowest BCUT2D eigenvalue weighted by atomic mass is 9.84. The summed E-state index contributed by atoms with van der Waals surface area (Å²) in [7, 11) is 0. The Morgan fingerprint density at radius 1 is 0.480 bits per heavy atom. The second kappa shape index (κ2) is 8.07. The predicted octanol–water partition coefficient (Wildman–Crippen LogP) is 6.21. The molecule has 0 saturated heterocycles. The fourth-order valence-corrected chi connectivity index (χ4v) is 3.42. The predicted molar refractivity (Wildman–Crippen MR) is 108 cm³/mol. The average molecular weight is 327 g/mol. The Balaban J connectivity index is 1.86. The molecule has 0 bridgehead atoms. The van der Waals surface area contributed by atoms with E-state index in [1.807, 2.05) is 0 Å². The van der Waals surface area contributed by atoms with Crippen LogP contribution in [0.25, 0.3) is 0 Å². The van der Waals surface area contributed by atoms with E-state index in [0.29, 0.717) is 0 Å². The van der Waals surface area contributed by atoms with Crippen LogP contribution >= 0.6 is 0 Å². The van der Waals surface area contributed by atoms with Crippen LogP contribution in [-0.4, -0.2) is 0 Å². The smallest absolute Gasteiger partial charge is 0.0620 e. The van der Waals surface area contributed by atoms with Gasteiger partial charge in [0.15, 0.2) is 0 Å². The van der Waals surface area contributed by atoms with Crippen LogP contribution in [0.1, 0.15) is 33.4 Å². The number of aryl methyl sites for hydroxylation is 3. The number of benzene rings is 3. The summed E-state index contributed by atoms with van der Waals surface area (Å²) in [5.41, 5.74) is 8.48. The van der Waals surface area contributed by atoms with Crippen molar-refractivity contribution in [2.24, 2.45) is 0 Å². The summed E-state index contributed by atoms with van der Waals surface area (Å²) in [6.45, 7) is 6.65. The summed E-state index contributed by atoms with van der Waals surface area (Å²) in [4.78, 5) is 0. The zero-order valence-electron chi connectivity index (χ0n) is 15.5. The molecule has 3 aromatic carbocycles. The maximum Gasteiger partial charge on any atom is 0.116 e. The quantitative estimate of drug-likeness (QED) is 0.472. The van der Waals surface area contributed by atoms with Gasteiger partial charge in [0.1, 0.15) is 25.2 Å². The molecular formula is C25H27+. The van der Waals surface area contributed by atoms with E-state index < -0.39 is 0 Å². The van der Waals surface area contributed by atoms with Crippen LogP contribution in [0.5, 0.6) is 0 Å². The van der Waals surface area contributed by atoms with E-state index in [1.165, 1.54) is 33.4 Å². The van der Waals surface area contributed by atoms with Gasteiger partial charge in [0, 0.05) is 0 Å². The minimum atomic E-state index is 1.05. The lowest BCUT2D eigenvalue weighted by molar-refractivity contribution is 0.784. The molecule has 25 heavy (non-hydrogen) atoms. The van der Waals surface area contributed by atoms with Crippen molar-refractivity contribution in [3.8, 4) is 0 Å². The van der Waals surface area contributed by atoms with Crippen molar-refractivity contribution in [2.45, 2.75) is 40.0 Å². The van der Waals surface area contributed by atoms with Crippen LogP contribution in [0, 0.1) is 26.7 Å². The van der Waals surface area contributed by atoms with Crippen molar-refractivity contribution in [2.75, 3.05) is 0 Å². The highest BCUT2D eigenvalue weighted by Crippen LogP contribution is 2.25. The Labute approximate surface area is 152 Å². The van der Waals surface area contributed by atoms with E-state index >= 15 is 0 Å². The first-order valence-electron chi connectivity index (χ1n) is 9.10. The molecule has 0 fully saturated rings. The van der Waals surface area contributed by atoms with Gasteiger partial charge in [-0.3, -0.25) is 0 Å². The molecule has 0 amide bonds. The Hall–Kier alpha value is -2.47. The second-order valence-corrected chi connectivity index (χ2v) is 7.06. The number of hydrogen-bond donors (Lipinski definition) is 0. The first-order chi connectivity index (χ1) is 12.1. The summed E-state index contributed by atoms with van der Waals surface area (Å²) in [6, 6.07) is 26.3. The molecule has 0 heteroatoms. The summed E-state index contributed by atoms with van der Waals surface area (Å²) >= 11 is 0. The van der Waals surface area contributed by atoms with E-state index in [9.17, 15) is 0 Å². The van der Waals surface area contributed by atoms with Crippen LogP contribution in [0.4, 0.5) is 0 Å². The van der Waals surface area contributed by atoms with Crippen molar-refractivity contribution in [3.05, 3.63) is 112 Å². The van der Waals surface area contributed by atoms with Crippen molar-refractivity contribution < 1.29 is 0 Å². The van der Waals surface area contributed by atoms with Gasteiger partial charge < -0.3 is 0 Å². The van der Waals surface area contributed by atoms with Crippen LogP contribution < -0.4 is 0 Å². The lowest BCUT2D eigenvalue weighted by Crippen LogP contribution is -2.12. The van der Waals surface area contributed by atoms with Gasteiger partial charge in [-0.15, -0.1) is 0 Å². The van der Waals surface area contributed by atoms with Crippen molar-refractivity contribution in [1.82, 2.24) is 0 Å². The maximum atomic E-state index is 2.27. The van der Waals surface area contributed by atoms with Crippen molar-refractivity contribution in [1.29, 1.82) is 0 Å². The highest BCUT2D eigenvalue weighted by molar-refractivity contribution is 5.36. The molecule has 0 spiro atoms. The van der Waals surface area contributed by atoms with Gasteiger partial charge in [0.25, 0.3) is 0 Å². The van der Waals surface area contributed by atoms with Crippen LogP contribution in [0.3, 0.4) is 0 Å². The highest BCUT2D eigenvalue weighted by atomic mass is 14.2. The minimum absolute atomic E-state index is 1.05. The summed E-state index contributed by atoms with van der Waals surface area (Å²) in [5.74, 6) is 1.58. The molecule has 0 atom stereocenters. The monoisotopic (exact) mass is 327 g/mol. The summed E-state index contributed by atoms with van der Waals surface area (Å²) in [5, 5.41) is 0. The van der Waals surface area contributed by atoms with Gasteiger partial charge >= 0.3 is 0 Å². The van der Waals surface area contributed by atoms with E-state index in [0.717, 1.165) is 19.3 Å². The van der Waals surface area contributed by atoms with E-state index in [1.54, 1.807) is 5.92 Å². The largest absolute Gasteiger partial charge is 0.116 e. The lowest BCUT2D eigenvalue weighted by Gasteiger charge is -2.12. The maximum absolute atomic E-state index is 2.27. The first-order valence-corrected chi connectivity index (χ1v) is 9.10. The molecule has 3 rings (SSSR count). The Bertz CT molecular complexity index is 716. The first kappa shape index (κ1) is 17.4. The van der Waals surface area contributed by atoms with E-state index in [4.69, 9.17) is 0 Å². The van der Waals surface area contributed by atoms with Gasteiger partial charge in [-0.25, -0.2) is 0 Å². The molecule has 126 valence electrons.